The van der Waals surface area contributed by atoms with Crippen LogP contribution in [0.1, 0.15) is 23.6 Å². The molecule has 0 aliphatic heterocycles. The summed E-state index contributed by atoms with van der Waals surface area (Å²) in [5.74, 6) is 2.24. The highest BCUT2D eigenvalue weighted by Crippen LogP contribution is 2.37. The molecule has 4 nitrogen and oxygen atoms in total. The minimum Gasteiger partial charge on any atom is -0.497 e. The van der Waals surface area contributed by atoms with Gasteiger partial charge in [-0.1, -0.05) is 41.9 Å². The van der Waals surface area contributed by atoms with Crippen LogP contribution in [0.25, 0.3) is 0 Å². The molecule has 1 N–H and O–H groups in total. The fraction of sp³-hybridized carbons (Fsp3) is 0.250. The zero-order valence-corrected chi connectivity index (χ0v) is 20.6. The summed E-state index contributed by atoms with van der Waals surface area (Å²) in [5, 5.41) is 4.15. The monoisotopic (exact) mass is 525 g/mol. The van der Waals surface area contributed by atoms with Crippen molar-refractivity contribution in [3.63, 3.8) is 0 Å². The van der Waals surface area contributed by atoms with Crippen molar-refractivity contribution in [2.24, 2.45) is 0 Å². The van der Waals surface area contributed by atoms with Crippen LogP contribution in [-0.4, -0.2) is 13.7 Å². The Labute approximate surface area is 203 Å². The topological polar surface area (TPSA) is 39.7 Å². The van der Waals surface area contributed by atoms with Gasteiger partial charge in [-0.15, -0.1) is 12.4 Å². The molecule has 0 atom stereocenters. The zero-order chi connectivity index (χ0) is 21.3. The van der Waals surface area contributed by atoms with E-state index in [1.165, 1.54) is 5.56 Å². The molecule has 31 heavy (non-hydrogen) atoms. The minimum atomic E-state index is 0. The fourth-order valence-electron chi connectivity index (χ4n) is 2.99. The molecule has 0 amide bonds. The van der Waals surface area contributed by atoms with Gasteiger partial charge in [0.15, 0.2) is 11.5 Å². The Morgan fingerprint density at radius 1 is 0.935 bits per heavy atom. The number of ether oxygens (including phenoxy) is 3. The first-order chi connectivity index (χ1) is 14.6. The van der Waals surface area contributed by atoms with E-state index < -0.39 is 0 Å². The van der Waals surface area contributed by atoms with Crippen LogP contribution in [-0.2, 0) is 19.7 Å². The van der Waals surface area contributed by atoms with Gasteiger partial charge in [0.2, 0.25) is 0 Å². The first kappa shape index (κ1) is 25.3. The standard InChI is InChI=1S/C24H25BrClNO3.ClH/c1-3-29-23-13-18(15-27-14-17-8-10-20(28-2)11-9-17)12-21(25)24(23)30-16-19-6-4-5-7-22(19)26;/h4-13,27H,3,14-16H2,1-2H3;1H. The molecule has 0 saturated carbocycles. The van der Waals surface area contributed by atoms with Gasteiger partial charge in [0.1, 0.15) is 12.4 Å². The lowest BCUT2D eigenvalue weighted by Gasteiger charge is -2.16. The molecule has 0 spiro atoms. The van der Waals surface area contributed by atoms with Crippen LogP contribution in [0.2, 0.25) is 5.02 Å². The van der Waals surface area contributed by atoms with E-state index in [2.05, 4.69) is 33.4 Å². The van der Waals surface area contributed by atoms with Crippen molar-refractivity contribution in [2.75, 3.05) is 13.7 Å². The van der Waals surface area contributed by atoms with Gasteiger partial charge in [0.25, 0.3) is 0 Å². The summed E-state index contributed by atoms with van der Waals surface area (Å²) >= 11 is 9.88. The number of rotatable bonds is 10. The lowest BCUT2D eigenvalue weighted by molar-refractivity contribution is 0.267. The van der Waals surface area contributed by atoms with E-state index in [0.29, 0.717) is 36.3 Å². The second kappa shape index (κ2) is 12.8. The number of hydrogen-bond donors (Lipinski definition) is 1. The molecule has 0 saturated heterocycles. The largest absolute Gasteiger partial charge is 0.497 e. The molecule has 0 radical (unpaired) electrons. The normalized spacial score (nSPS) is 10.3. The lowest BCUT2D eigenvalue weighted by Crippen LogP contribution is -2.13. The van der Waals surface area contributed by atoms with Gasteiger partial charge in [-0.25, -0.2) is 0 Å². The minimum absolute atomic E-state index is 0. The van der Waals surface area contributed by atoms with E-state index in [1.807, 2.05) is 55.5 Å². The SMILES string of the molecule is CCOc1cc(CNCc2ccc(OC)cc2)cc(Br)c1OCc1ccccc1Cl.Cl. The van der Waals surface area contributed by atoms with Crippen LogP contribution in [0.15, 0.2) is 65.1 Å². The molecule has 0 heterocycles. The summed E-state index contributed by atoms with van der Waals surface area (Å²) in [4.78, 5) is 0. The van der Waals surface area contributed by atoms with E-state index in [0.717, 1.165) is 27.9 Å². The molecule has 7 heteroatoms. The van der Waals surface area contributed by atoms with Gasteiger partial charge >= 0.3 is 0 Å². The number of methoxy groups -OCH3 is 1. The number of halogens is 3. The average molecular weight is 527 g/mol. The predicted molar refractivity (Wildman–Crippen MR) is 132 cm³/mol. The van der Waals surface area contributed by atoms with Crippen molar-refractivity contribution in [3.05, 3.63) is 86.8 Å². The van der Waals surface area contributed by atoms with Gasteiger partial charge in [-0.05, 0) is 64.3 Å². The molecule has 0 aliphatic carbocycles. The molecule has 0 fully saturated rings. The third-order valence-corrected chi connectivity index (χ3v) is 5.47. The number of hydrogen-bond acceptors (Lipinski definition) is 4. The van der Waals surface area contributed by atoms with Crippen LogP contribution < -0.4 is 19.5 Å². The molecular formula is C24H26BrCl2NO3. The maximum Gasteiger partial charge on any atom is 0.175 e. The van der Waals surface area contributed by atoms with Crippen molar-refractivity contribution in [1.29, 1.82) is 0 Å². The first-order valence-corrected chi connectivity index (χ1v) is 10.9. The van der Waals surface area contributed by atoms with Crippen LogP contribution >= 0.6 is 39.9 Å². The summed E-state index contributed by atoms with van der Waals surface area (Å²) in [6.45, 7) is 4.34. The number of benzene rings is 3. The van der Waals surface area contributed by atoms with Gasteiger partial charge in [0, 0.05) is 23.7 Å². The van der Waals surface area contributed by atoms with E-state index in [-0.39, 0.29) is 12.4 Å². The molecule has 3 aromatic carbocycles. The first-order valence-electron chi connectivity index (χ1n) is 9.75. The smallest absolute Gasteiger partial charge is 0.175 e. The molecule has 0 aromatic heterocycles. The van der Waals surface area contributed by atoms with Crippen LogP contribution in [0, 0.1) is 0 Å². The van der Waals surface area contributed by atoms with Gasteiger partial charge < -0.3 is 19.5 Å². The van der Waals surface area contributed by atoms with Crippen molar-refractivity contribution in [2.45, 2.75) is 26.6 Å². The predicted octanol–water partition coefficient (Wildman–Crippen LogP) is 6.80. The third kappa shape index (κ3) is 7.32. The summed E-state index contributed by atoms with van der Waals surface area (Å²) in [5.41, 5.74) is 3.22. The molecule has 0 unspecified atom stereocenters. The maximum absolute atomic E-state index is 6.24. The highest BCUT2D eigenvalue weighted by molar-refractivity contribution is 9.10. The molecule has 3 aromatic rings. The summed E-state index contributed by atoms with van der Waals surface area (Å²) < 4.78 is 17.9. The Balaban J connectivity index is 0.00000341. The quantitative estimate of drug-likeness (QED) is 0.315. The van der Waals surface area contributed by atoms with Crippen molar-refractivity contribution in [3.8, 4) is 17.2 Å². The third-order valence-electron chi connectivity index (χ3n) is 4.52. The van der Waals surface area contributed by atoms with Gasteiger partial charge in [0.05, 0.1) is 18.2 Å². The second-order valence-corrected chi connectivity index (χ2v) is 7.93. The average Bonchev–Trinajstić information content (AvgIpc) is 2.75. The molecular weight excluding hydrogens is 501 g/mol. The Kier molecular flexibility index (Phi) is 10.5. The van der Waals surface area contributed by atoms with Crippen molar-refractivity contribution < 1.29 is 14.2 Å². The van der Waals surface area contributed by atoms with Crippen LogP contribution in [0.4, 0.5) is 0 Å². The van der Waals surface area contributed by atoms with Crippen LogP contribution in [0.5, 0.6) is 17.2 Å². The summed E-state index contributed by atoms with van der Waals surface area (Å²) in [6, 6.07) is 19.8. The highest BCUT2D eigenvalue weighted by Gasteiger charge is 2.13. The molecule has 0 bridgehead atoms. The Morgan fingerprint density at radius 3 is 2.32 bits per heavy atom. The summed E-state index contributed by atoms with van der Waals surface area (Å²) in [7, 11) is 1.67. The fourth-order valence-corrected chi connectivity index (χ4v) is 3.78. The van der Waals surface area contributed by atoms with Gasteiger partial charge in [-0.2, -0.15) is 0 Å². The van der Waals surface area contributed by atoms with E-state index in [4.69, 9.17) is 25.8 Å². The van der Waals surface area contributed by atoms with E-state index >= 15 is 0 Å². The van der Waals surface area contributed by atoms with Crippen molar-refractivity contribution in [1.82, 2.24) is 5.32 Å². The van der Waals surface area contributed by atoms with Gasteiger partial charge in [-0.3, -0.25) is 0 Å². The zero-order valence-electron chi connectivity index (χ0n) is 17.5. The number of nitrogens with one attached hydrogen (secondary N) is 1. The Bertz CT molecular complexity index is 968. The van der Waals surface area contributed by atoms with E-state index in [9.17, 15) is 0 Å². The Morgan fingerprint density at radius 2 is 1.65 bits per heavy atom. The summed E-state index contributed by atoms with van der Waals surface area (Å²) in [6.07, 6.45) is 0. The Hall–Kier alpha value is -1.92. The molecule has 3 rings (SSSR count). The van der Waals surface area contributed by atoms with Crippen molar-refractivity contribution >= 4 is 39.9 Å². The molecule has 166 valence electrons. The lowest BCUT2D eigenvalue weighted by atomic mass is 10.1. The highest BCUT2D eigenvalue weighted by atomic mass is 79.9. The van der Waals surface area contributed by atoms with E-state index in [1.54, 1.807) is 7.11 Å². The van der Waals surface area contributed by atoms with Crippen LogP contribution in [0.3, 0.4) is 0 Å². The molecule has 0 aliphatic rings. The maximum atomic E-state index is 6.24. The second-order valence-electron chi connectivity index (χ2n) is 6.67.